The van der Waals surface area contributed by atoms with Crippen molar-refractivity contribution in [3.05, 3.63) is 69.2 Å². The SMILES string of the molecule is O=C(c1cc(Cl)cc(Cl)c1)c1cc(F)ccc1F. The zero-order chi connectivity index (χ0) is 13.3. The first-order valence-corrected chi connectivity index (χ1v) is 5.69. The highest BCUT2D eigenvalue weighted by Crippen LogP contribution is 2.22. The molecule has 2 aromatic carbocycles. The van der Waals surface area contributed by atoms with Crippen LogP contribution in [0.25, 0.3) is 0 Å². The number of hydrogen-bond acceptors (Lipinski definition) is 1. The van der Waals surface area contributed by atoms with Crippen molar-refractivity contribution < 1.29 is 13.6 Å². The van der Waals surface area contributed by atoms with Crippen LogP contribution in [-0.2, 0) is 0 Å². The summed E-state index contributed by atoms with van der Waals surface area (Å²) in [6.07, 6.45) is 0. The lowest BCUT2D eigenvalue weighted by atomic mass is 10.0. The molecule has 0 aromatic heterocycles. The van der Waals surface area contributed by atoms with Gasteiger partial charge in [-0.15, -0.1) is 0 Å². The van der Waals surface area contributed by atoms with E-state index in [1.807, 2.05) is 0 Å². The molecule has 0 saturated heterocycles. The van der Waals surface area contributed by atoms with Gasteiger partial charge >= 0.3 is 0 Å². The summed E-state index contributed by atoms with van der Waals surface area (Å²) in [5.41, 5.74) is -0.245. The number of rotatable bonds is 2. The summed E-state index contributed by atoms with van der Waals surface area (Å²) in [7, 11) is 0. The molecule has 0 spiro atoms. The van der Waals surface area contributed by atoms with Gasteiger partial charge in [0.1, 0.15) is 11.6 Å². The molecule has 92 valence electrons. The molecular weight excluding hydrogens is 281 g/mol. The Labute approximate surface area is 112 Å². The van der Waals surface area contributed by atoms with Gasteiger partial charge in [0.05, 0.1) is 5.56 Å². The number of carbonyl (C=O) groups excluding carboxylic acids is 1. The average molecular weight is 287 g/mol. The Morgan fingerprint density at radius 3 is 2.17 bits per heavy atom. The third-order valence-corrected chi connectivity index (χ3v) is 2.73. The molecule has 1 nitrogen and oxygen atoms in total. The van der Waals surface area contributed by atoms with Crippen LogP contribution in [0.3, 0.4) is 0 Å². The molecule has 0 aliphatic rings. The van der Waals surface area contributed by atoms with Crippen LogP contribution in [0.5, 0.6) is 0 Å². The molecule has 5 heteroatoms. The van der Waals surface area contributed by atoms with Gasteiger partial charge in [0, 0.05) is 15.6 Å². The summed E-state index contributed by atoms with van der Waals surface area (Å²) in [6.45, 7) is 0. The van der Waals surface area contributed by atoms with Gasteiger partial charge < -0.3 is 0 Å². The second-order valence-electron chi connectivity index (χ2n) is 3.61. The third-order valence-electron chi connectivity index (χ3n) is 2.30. The standard InChI is InChI=1S/C13H6Cl2F2O/c14-8-3-7(4-9(15)5-8)13(18)11-6-10(16)1-2-12(11)17/h1-6H. The van der Waals surface area contributed by atoms with Crippen LogP contribution >= 0.6 is 23.2 Å². The highest BCUT2D eigenvalue weighted by atomic mass is 35.5. The Bertz CT molecular complexity index is 606. The second kappa shape index (κ2) is 5.04. The topological polar surface area (TPSA) is 17.1 Å². The fourth-order valence-electron chi connectivity index (χ4n) is 1.51. The van der Waals surface area contributed by atoms with Crippen LogP contribution in [0.2, 0.25) is 10.0 Å². The summed E-state index contributed by atoms with van der Waals surface area (Å²) in [4.78, 5) is 12.0. The molecule has 0 heterocycles. The maximum absolute atomic E-state index is 13.5. The number of ketones is 1. The van der Waals surface area contributed by atoms with Gasteiger partial charge in [-0.25, -0.2) is 8.78 Å². The Morgan fingerprint density at radius 2 is 1.56 bits per heavy atom. The summed E-state index contributed by atoms with van der Waals surface area (Å²) in [5.74, 6) is -2.15. The predicted octanol–water partition coefficient (Wildman–Crippen LogP) is 4.50. The van der Waals surface area contributed by atoms with Crippen molar-refractivity contribution in [1.29, 1.82) is 0 Å². The van der Waals surface area contributed by atoms with Crippen LogP contribution in [0.15, 0.2) is 36.4 Å². The van der Waals surface area contributed by atoms with E-state index >= 15 is 0 Å². The van der Waals surface area contributed by atoms with Gasteiger partial charge in [-0.1, -0.05) is 23.2 Å². The largest absolute Gasteiger partial charge is 0.288 e. The molecule has 18 heavy (non-hydrogen) atoms. The second-order valence-corrected chi connectivity index (χ2v) is 4.48. The van der Waals surface area contributed by atoms with E-state index in [1.54, 1.807) is 0 Å². The van der Waals surface area contributed by atoms with Crippen LogP contribution in [0.4, 0.5) is 8.78 Å². The van der Waals surface area contributed by atoms with Gasteiger partial charge in [0.25, 0.3) is 0 Å². The van der Waals surface area contributed by atoms with E-state index in [0.29, 0.717) is 0 Å². The van der Waals surface area contributed by atoms with Gasteiger partial charge in [-0.05, 0) is 36.4 Å². The van der Waals surface area contributed by atoms with E-state index in [-0.39, 0.29) is 21.2 Å². The first-order valence-electron chi connectivity index (χ1n) is 4.93. The normalized spacial score (nSPS) is 10.4. The lowest BCUT2D eigenvalue weighted by Crippen LogP contribution is -2.05. The zero-order valence-electron chi connectivity index (χ0n) is 8.88. The Balaban J connectivity index is 2.51. The van der Waals surface area contributed by atoms with E-state index in [4.69, 9.17) is 23.2 Å². The van der Waals surface area contributed by atoms with Crippen LogP contribution < -0.4 is 0 Å². The van der Waals surface area contributed by atoms with Gasteiger partial charge in [0.15, 0.2) is 5.78 Å². The van der Waals surface area contributed by atoms with Gasteiger partial charge in [0.2, 0.25) is 0 Å². The summed E-state index contributed by atoms with van der Waals surface area (Å²) >= 11 is 11.5. The van der Waals surface area contributed by atoms with Crippen LogP contribution in [0, 0.1) is 11.6 Å². The van der Waals surface area contributed by atoms with E-state index in [1.165, 1.54) is 18.2 Å². The minimum atomic E-state index is -0.794. The fraction of sp³-hybridized carbons (Fsp3) is 0. The van der Waals surface area contributed by atoms with Crippen LogP contribution in [-0.4, -0.2) is 5.78 Å². The van der Waals surface area contributed by atoms with Crippen molar-refractivity contribution in [2.24, 2.45) is 0 Å². The molecule has 0 aliphatic carbocycles. The van der Waals surface area contributed by atoms with Crippen molar-refractivity contribution in [2.45, 2.75) is 0 Å². The maximum atomic E-state index is 13.5. The highest BCUT2D eigenvalue weighted by Gasteiger charge is 2.16. The minimum absolute atomic E-state index is 0.108. The molecule has 0 aliphatic heterocycles. The molecule has 0 atom stereocenters. The molecule has 0 fully saturated rings. The molecule has 0 radical (unpaired) electrons. The summed E-state index contributed by atoms with van der Waals surface area (Å²) in [6, 6.07) is 6.82. The molecule has 0 bridgehead atoms. The minimum Gasteiger partial charge on any atom is -0.288 e. The molecule has 0 N–H and O–H groups in total. The third kappa shape index (κ3) is 2.68. The Hall–Kier alpha value is -1.45. The first-order chi connectivity index (χ1) is 8.47. The van der Waals surface area contributed by atoms with E-state index in [0.717, 1.165) is 18.2 Å². The smallest absolute Gasteiger partial charge is 0.196 e. The fourth-order valence-corrected chi connectivity index (χ4v) is 2.04. The van der Waals surface area contributed by atoms with Crippen molar-refractivity contribution in [2.75, 3.05) is 0 Å². The molecular formula is C13H6Cl2F2O. The first kappa shape index (κ1) is 13.0. The maximum Gasteiger partial charge on any atom is 0.196 e. The molecule has 0 unspecified atom stereocenters. The van der Waals surface area contributed by atoms with Crippen molar-refractivity contribution in [3.63, 3.8) is 0 Å². The number of hydrogen-bond donors (Lipinski definition) is 0. The Morgan fingerprint density at radius 1 is 0.944 bits per heavy atom. The summed E-state index contributed by atoms with van der Waals surface area (Å²) < 4.78 is 26.5. The number of carbonyl (C=O) groups is 1. The van der Waals surface area contributed by atoms with Crippen LogP contribution in [0.1, 0.15) is 15.9 Å². The van der Waals surface area contributed by atoms with Crippen molar-refractivity contribution >= 4 is 29.0 Å². The van der Waals surface area contributed by atoms with Gasteiger partial charge in [-0.3, -0.25) is 4.79 Å². The van der Waals surface area contributed by atoms with E-state index < -0.39 is 17.4 Å². The van der Waals surface area contributed by atoms with Crippen molar-refractivity contribution in [3.8, 4) is 0 Å². The molecule has 2 rings (SSSR count). The number of halogens is 4. The molecule has 2 aromatic rings. The molecule has 0 amide bonds. The summed E-state index contributed by atoms with van der Waals surface area (Å²) in [5, 5.41) is 0.505. The quantitative estimate of drug-likeness (QED) is 0.743. The zero-order valence-corrected chi connectivity index (χ0v) is 10.4. The average Bonchev–Trinajstić information content (AvgIpc) is 2.30. The Kier molecular flexibility index (Phi) is 3.64. The lowest BCUT2D eigenvalue weighted by Gasteiger charge is -2.04. The van der Waals surface area contributed by atoms with Crippen molar-refractivity contribution in [1.82, 2.24) is 0 Å². The number of benzene rings is 2. The lowest BCUT2D eigenvalue weighted by molar-refractivity contribution is 0.103. The monoisotopic (exact) mass is 286 g/mol. The van der Waals surface area contributed by atoms with Gasteiger partial charge in [-0.2, -0.15) is 0 Å². The highest BCUT2D eigenvalue weighted by molar-refractivity contribution is 6.35. The van der Waals surface area contributed by atoms with E-state index in [9.17, 15) is 13.6 Å². The van der Waals surface area contributed by atoms with E-state index in [2.05, 4.69) is 0 Å². The predicted molar refractivity (Wildman–Crippen MR) is 66.3 cm³/mol. The molecule has 0 saturated carbocycles.